The number of amides is 2. The fourth-order valence-electron chi connectivity index (χ4n) is 3.09. The Morgan fingerprint density at radius 3 is 2.96 bits per heavy atom. The van der Waals surface area contributed by atoms with Crippen LogP contribution in [0.2, 0.25) is 0 Å². The van der Waals surface area contributed by atoms with Crippen LogP contribution in [0.5, 0.6) is 0 Å². The third-order valence-corrected chi connectivity index (χ3v) is 5.77. The highest BCUT2D eigenvalue weighted by Crippen LogP contribution is 2.19. The van der Waals surface area contributed by atoms with Crippen LogP contribution < -0.4 is 5.32 Å². The number of ether oxygens (including phenoxy) is 1. The molecule has 1 N–H and O–H groups in total. The summed E-state index contributed by atoms with van der Waals surface area (Å²) >= 11 is 1.73. The van der Waals surface area contributed by atoms with Gasteiger partial charge in [0.25, 0.3) is 0 Å². The Labute approximate surface area is 147 Å². The Morgan fingerprint density at radius 2 is 2.25 bits per heavy atom. The van der Waals surface area contributed by atoms with Crippen molar-refractivity contribution < 1.29 is 14.3 Å². The second-order valence-electron chi connectivity index (χ2n) is 6.68. The van der Waals surface area contributed by atoms with Gasteiger partial charge in [-0.1, -0.05) is 6.07 Å². The summed E-state index contributed by atoms with van der Waals surface area (Å²) in [6, 6.07) is 4.48. The zero-order valence-electron chi connectivity index (χ0n) is 14.0. The maximum absolute atomic E-state index is 12.5. The first-order valence-corrected chi connectivity index (χ1v) is 9.78. The molecule has 1 saturated heterocycles. The number of carbonyl (C=O) groups is 2. The van der Waals surface area contributed by atoms with Crippen molar-refractivity contribution in [2.24, 2.45) is 5.92 Å². The molecule has 2 aliphatic rings. The average Bonchev–Trinajstić information content (AvgIpc) is 2.92. The summed E-state index contributed by atoms with van der Waals surface area (Å²) in [5, 5.41) is 5.14. The molecule has 1 aliphatic heterocycles. The lowest BCUT2D eigenvalue weighted by Gasteiger charge is -2.29. The number of nitrogens with one attached hydrogen (secondary N) is 1. The van der Waals surface area contributed by atoms with E-state index >= 15 is 0 Å². The van der Waals surface area contributed by atoms with Gasteiger partial charge < -0.3 is 15.0 Å². The normalized spacial score (nSPS) is 21.8. The van der Waals surface area contributed by atoms with Crippen LogP contribution in [-0.4, -0.2) is 49.1 Å². The molecule has 6 heteroatoms. The van der Waals surface area contributed by atoms with E-state index in [2.05, 4.69) is 16.8 Å². The lowest BCUT2D eigenvalue weighted by molar-refractivity contribution is -0.133. The Kier molecular flexibility index (Phi) is 6.26. The highest BCUT2D eigenvalue weighted by atomic mass is 32.1. The molecule has 1 aromatic heterocycles. The Balaban J connectivity index is 1.46. The number of thiophene rings is 1. The van der Waals surface area contributed by atoms with Gasteiger partial charge in [0.2, 0.25) is 11.8 Å². The molecule has 0 bridgehead atoms. The van der Waals surface area contributed by atoms with Crippen molar-refractivity contribution in [3.8, 4) is 0 Å². The molecular formula is C18H26N2O3S. The van der Waals surface area contributed by atoms with Gasteiger partial charge in [0, 0.05) is 30.4 Å². The summed E-state index contributed by atoms with van der Waals surface area (Å²) in [6.07, 6.45) is 5.68. The van der Waals surface area contributed by atoms with E-state index in [4.69, 9.17) is 4.74 Å². The molecule has 0 aromatic carbocycles. The van der Waals surface area contributed by atoms with Gasteiger partial charge >= 0.3 is 0 Å². The van der Waals surface area contributed by atoms with E-state index in [9.17, 15) is 9.59 Å². The van der Waals surface area contributed by atoms with Crippen molar-refractivity contribution in [3.05, 3.63) is 22.4 Å². The summed E-state index contributed by atoms with van der Waals surface area (Å²) in [5.74, 6) is -0.0640. The van der Waals surface area contributed by atoms with Crippen LogP contribution in [0.25, 0.3) is 0 Å². The fourth-order valence-corrected chi connectivity index (χ4v) is 3.85. The SMILES string of the molecule is O=C(NC1CCC1)C1COCCN(C(=O)CCCc2cccs2)C1. The van der Waals surface area contributed by atoms with E-state index in [1.165, 1.54) is 11.3 Å². The number of hydrogen-bond acceptors (Lipinski definition) is 4. The maximum Gasteiger partial charge on any atom is 0.227 e. The van der Waals surface area contributed by atoms with E-state index in [0.29, 0.717) is 38.8 Å². The quantitative estimate of drug-likeness (QED) is 0.856. The Morgan fingerprint density at radius 1 is 1.38 bits per heavy atom. The smallest absolute Gasteiger partial charge is 0.227 e. The van der Waals surface area contributed by atoms with Crippen LogP contribution in [0.1, 0.15) is 37.0 Å². The number of carbonyl (C=O) groups excluding carboxylic acids is 2. The van der Waals surface area contributed by atoms with Gasteiger partial charge in [-0.15, -0.1) is 11.3 Å². The lowest BCUT2D eigenvalue weighted by Crippen LogP contribution is -2.47. The summed E-state index contributed by atoms with van der Waals surface area (Å²) in [7, 11) is 0. The maximum atomic E-state index is 12.5. The molecule has 132 valence electrons. The molecule has 2 fully saturated rings. The molecule has 0 radical (unpaired) electrons. The third kappa shape index (κ3) is 4.80. The van der Waals surface area contributed by atoms with Crippen LogP contribution >= 0.6 is 11.3 Å². The van der Waals surface area contributed by atoms with Gasteiger partial charge in [0.1, 0.15) is 0 Å². The molecule has 1 atom stereocenters. The average molecular weight is 350 g/mol. The van der Waals surface area contributed by atoms with Crippen molar-refractivity contribution in [1.29, 1.82) is 0 Å². The Hall–Kier alpha value is -1.40. The van der Waals surface area contributed by atoms with E-state index in [1.54, 1.807) is 11.3 Å². The first kappa shape index (κ1) is 17.4. The highest BCUT2D eigenvalue weighted by molar-refractivity contribution is 7.09. The van der Waals surface area contributed by atoms with Gasteiger partial charge in [0.05, 0.1) is 19.1 Å². The second kappa shape index (κ2) is 8.62. The van der Waals surface area contributed by atoms with Gasteiger partial charge in [-0.2, -0.15) is 0 Å². The molecule has 1 unspecified atom stereocenters. The molecule has 2 amide bonds. The van der Waals surface area contributed by atoms with E-state index < -0.39 is 0 Å². The third-order valence-electron chi connectivity index (χ3n) is 4.83. The van der Waals surface area contributed by atoms with Crippen LogP contribution in [0.15, 0.2) is 17.5 Å². The topological polar surface area (TPSA) is 58.6 Å². The molecule has 1 aromatic rings. The molecular weight excluding hydrogens is 324 g/mol. The zero-order chi connectivity index (χ0) is 16.8. The molecule has 2 heterocycles. The van der Waals surface area contributed by atoms with Crippen LogP contribution in [0.3, 0.4) is 0 Å². The van der Waals surface area contributed by atoms with Crippen LogP contribution in [0, 0.1) is 5.92 Å². The van der Waals surface area contributed by atoms with Gasteiger partial charge in [-0.25, -0.2) is 0 Å². The van der Waals surface area contributed by atoms with E-state index in [0.717, 1.165) is 25.7 Å². The van der Waals surface area contributed by atoms with Crippen molar-refractivity contribution in [2.75, 3.05) is 26.3 Å². The van der Waals surface area contributed by atoms with Crippen molar-refractivity contribution in [1.82, 2.24) is 10.2 Å². The standard InChI is InChI=1S/C18H26N2O3S/c21-17(8-2-6-16-7-3-11-24-16)20-9-10-23-13-14(12-20)18(22)19-15-4-1-5-15/h3,7,11,14-15H,1-2,4-6,8-10,12-13H2,(H,19,22). The minimum Gasteiger partial charge on any atom is -0.379 e. The fraction of sp³-hybridized carbons (Fsp3) is 0.667. The molecule has 3 rings (SSSR count). The van der Waals surface area contributed by atoms with E-state index in [-0.39, 0.29) is 17.7 Å². The minimum absolute atomic E-state index is 0.0398. The number of nitrogens with zero attached hydrogens (tertiary/aromatic N) is 1. The number of hydrogen-bond donors (Lipinski definition) is 1. The minimum atomic E-state index is -0.241. The monoisotopic (exact) mass is 350 g/mol. The summed E-state index contributed by atoms with van der Waals surface area (Å²) < 4.78 is 5.55. The summed E-state index contributed by atoms with van der Waals surface area (Å²) in [5.41, 5.74) is 0. The predicted octanol–water partition coefficient (Wildman–Crippen LogP) is 2.21. The molecule has 0 spiro atoms. The van der Waals surface area contributed by atoms with Crippen molar-refractivity contribution in [3.63, 3.8) is 0 Å². The molecule has 1 aliphatic carbocycles. The molecule has 24 heavy (non-hydrogen) atoms. The van der Waals surface area contributed by atoms with Crippen molar-refractivity contribution in [2.45, 2.75) is 44.6 Å². The molecule has 5 nitrogen and oxygen atoms in total. The first-order chi connectivity index (χ1) is 11.7. The lowest BCUT2D eigenvalue weighted by atomic mass is 9.92. The van der Waals surface area contributed by atoms with Crippen LogP contribution in [0.4, 0.5) is 0 Å². The van der Waals surface area contributed by atoms with Crippen molar-refractivity contribution >= 4 is 23.2 Å². The number of aryl methyl sites for hydroxylation is 1. The second-order valence-corrected chi connectivity index (χ2v) is 7.71. The van der Waals surface area contributed by atoms with Gasteiger partial charge in [-0.05, 0) is 43.6 Å². The highest BCUT2D eigenvalue weighted by Gasteiger charge is 2.29. The largest absolute Gasteiger partial charge is 0.379 e. The number of rotatable bonds is 6. The Bertz CT molecular complexity index is 542. The van der Waals surface area contributed by atoms with E-state index in [1.807, 2.05) is 11.0 Å². The predicted molar refractivity (Wildman–Crippen MR) is 93.9 cm³/mol. The molecule has 1 saturated carbocycles. The van der Waals surface area contributed by atoms with Gasteiger partial charge in [0.15, 0.2) is 0 Å². The zero-order valence-corrected chi connectivity index (χ0v) is 14.9. The summed E-state index contributed by atoms with van der Waals surface area (Å²) in [4.78, 5) is 28.0. The van der Waals surface area contributed by atoms with Gasteiger partial charge in [-0.3, -0.25) is 9.59 Å². The summed E-state index contributed by atoms with van der Waals surface area (Å²) in [6.45, 7) is 2.00. The first-order valence-electron chi connectivity index (χ1n) is 8.90. The van der Waals surface area contributed by atoms with Crippen LogP contribution in [-0.2, 0) is 20.7 Å².